The third-order valence-corrected chi connectivity index (χ3v) is 5.89. The molecule has 0 aromatic carbocycles. The smallest absolute Gasteiger partial charge is 0.345 e. The fraction of sp³-hybridized carbons (Fsp3) is 0.700. The van der Waals surface area contributed by atoms with Crippen molar-refractivity contribution < 1.29 is 14.3 Å². The molecular weight excluding hydrogens is 360 g/mol. The Labute approximate surface area is 165 Å². The van der Waals surface area contributed by atoms with E-state index in [1.807, 2.05) is 7.05 Å². The van der Waals surface area contributed by atoms with Gasteiger partial charge in [-0.25, -0.2) is 4.79 Å². The lowest BCUT2D eigenvalue weighted by molar-refractivity contribution is -0.155. The maximum atomic E-state index is 12.9. The number of likely N-dealkylation sites (N-methyl/N-ethyl adjacent to an activating group) is 1. The van der Waals surface area contributed by atoms with Crippen LogP contribution in [-0.4, -0.2) is 71.5 Å². The first-order valence-electron chi connectivity index (χ1n) is 9.92. The van der Waals surface area contributed by atoms with Gasteiger partial charge in [0.2, 0.25) is 5.91 Å². The Hall–Kier alpha value is -2.22. The van der Waals surface area contributed by atoms with Crippen molar-refractivity contribution in [2.75, 3.05) is 33.8 Å². The van der Waals surface area contributed by atoms with E-state index in [9.17, 15) is 14.4 Å². The molecule has 2 aliphatic rings. The number of nitrogens with zero attached hydrogens (tertiary/aromatic N) is 3. The minimum Gasteiger partial charge on any atom is -0.380 e. The monoisotopic (exact) mass is 390 g/mol. The summed E-state index contributed by atoms with van der Waals surface area (Å²) in [6.45, 7) is 5.66. The minimum absolute atomic E-state index is 0.0258. The highest BCUT2D eigenvalue weighted by Crippen LogP contribution is 2.41. The summed E-state index contributed by atoms with van der Waals surface area (Å²) in [6, 6.07) is 1.68. The first-order valence-corrected chi connectivity index (χ1v) is 9.92. The Kier molecular flexibility index (Phi) is 5.88. The van der Waals surface area contributed by atoms with Crippen LogP contribution in [0.1, 0.15) is 49.3 Å². The zero-order chi connectivity index (χ0) is 20.5. The van der Waals surface area contributed by atoms with Gasteiger partial charge in [0.1, 0.15) is 5.69 Å². The highest BCUT2D eigenvalue weighted by atomic mass is 16.5. The number of ether oxygens (including phenoxy) is 1. The third-order valence-electron chi connectivity index (χ3n) is 5.89. The van der Waals surface area contributed by atoms with E-state index in [0.717, 1.165) is 5.69 Å². The average molecular weight is 390 g/mol. The van der Waals surface area contributed by atoms with Crippen LogP contribution < -0.4 is 5.69 Å². The van der Waals surface area contributed by atoms with Crippen LogP contribution in [0.25, 0.3) is 0 Å². The van der Waals surface area contributed by atoms with E-state index in [1.165, 1.54) is 0 Å². The number of methoxy groups -OCH3 is 1. The fourth-order valence-electron chi connectivity index (χ4n) is 4.42. The number of hydrogen-bond donors (Lipinski definition) is 1. The number of rotatable bonds is 4. The Balaban J connectivity index is 1.73. The van der Waals surface area contributed by atoms with Crippen molar-refractivity contribution in [2.45, 2.75) is 45.6 Å². The summed E-state index contributed by atoms with van der Waals surface area (Å²) >= 11 is 0. The molecule has 1 unspecified atom stereocenters. The minimum atomic E-state index is -0.498. The topological polar surface area (TPSA) is 95.6 Å². The molecule has 0 aliphatic carbocycles. The zero-order valence-corrected chi connectivity index (χ0v) is 17.2. The molecule has 8 heteroatoms. The first-order chi connectivity index (χ1) is 13.2. The highest BCUT2D eigenvalue weighted by Gasteiger charge is 2.48. The molecular formula is C20H30N4O4. The Bertz CT molecular complexity index is 796. The van der Waals surface area contributed by atoms with E-state index >= 15 is 0 Å². The van der Waals surface area contributed by atoms with E-state index in [2.05, 4.69) is 23.8 Å². The lowest BCUT2D eigenvalue weighted by atomic mass is 9.71. The summed E-state index contributed by atoms with van der Waals surface area (Å²) in [6.07, 6.45) is 2.60. The van der Waals surface area contributed by atoms with Gasteiger partial charge in [0, 0.05) is 39.5 Å². The number of H-pyrrole nitrogens is 1. The van der Waals surface area contributed by atoms with Crippen LogP contribution in [0.4, 0.5) is 0 Å². The van der Waals surface area contributed by atoms with Crippen LogP contribution in [0.15, 0.2) is 10.9 Å². The molecule has 8 nitrogen and oxygen atoms in total. The quantitative estimate of drug-likeness (QED) is 0.830. The molecule has 154 valence electrons. The van der Waals surface area contributed by atoms with Crippen molar-refractivity contribution >= 4 is 11.8 Å². The Morgan fingerprint density at radius 3 is 2.64 bits per heavy atom. The lowest BCUT2D eigenvalue weighted by Gasteiger charge is -2.47. The Morgan fingerprint density at radius 1 is 1.36 bits per heavy atom. The Morgan fingerprint density at radius 2 is 2.04 bits per heavy atom. The molecule has 2 aliphatic heterocycles. The summed E-state index contributed by atoms with van der Waals surface area (Å²) in [4.78, 5) is 47.6. The molecule has 3 rings (SSSR count). The number of aromatic nitrogens is 2. The molecule has 1 atom stereocenters. The number of amides is 2. The molecule has 3 heterocycles. The standard InChI is InChI=1S/C20H30N4O4/c1-13(2)9-14-10-16(22-19(27)21-14)17(25)24-7-5-20(6-8-24)11-15(28-4)12-23(3)18(20)26/h10,13,15H,5-9,11-12H2,1-4H3,(H,21,22,27). The van der Waals surface area contributed by atoms with Gasteiger partial charge in [-0.15, -0.1) is 0 Å². The molecule has 1 aromatic rings. The van der Waals surface area contributed by atoms with Crippen molar-refractivity contribution in [1.29, 1.82) is 0 Å². The van der Waals surface area contributed by atoms with Gasteiger partial charge in [-0.1, -0.05) is 13.8 Å². The van der Waals surface area contributed by atoms with E-state index < -0.39 is 11.1 Å². The van der Waals surface area contributed by atoms with Gasteiger partial charge in [0.05, 0.1) is 11.5 Å². The number of aromatic amines is 1. The predicted octanol–water partition coefficient (Wildman–Crippen LogP) is 1.07. The van der Waals surface area contributed by atoms with E-state index in [1.54, 1.807) is 23.0 Å². The summed E-state index contributed by atoms with van der Waals surface area (Å²) < 4.78 is 5.52. The van der Waals surface area contributed by atoms with Crippen LogP contribution in [-0.2, 0) is 16.0 Å². The van der Waals surface area contributed by atoms with E-state index in [0.29, 0.717) is 51.2 Å². The molecule has 1 spiro atoms. The van der Waals surface area contributed by atoms with Gasteiger partial charge < -0.3 is 19.5 Å². The summed E-state index contributed by atoms with van der Waals surface area (Å²) in [7, 11) is 3.48. The number of carbonyl (C=O) groups excluding carboxylic acids is 2. The maximum Gasteiger partial charge on any atom is 0.345 e. The fourth-order valence-corrected chi connectivity index (χ4v) is 4.42. The summed E-state index contributed by atoms with van der Waals surface area (Å²) in [5.41, 5.74) is -0.0625. The van der Waals surface area contributed by atoms with Crippen LogP contribution in [0.3, 0.4) is 0 Å². The molecule has 0 radical (unpaired) electrons. The SMILES string of the molecule is COC1CN(C)C(=O)C2(CCN(C(=O)c3cc(CC(C)C)[nH]c(=O)n3)CC2)C1. The number of nitrogens with one attached hydrogen (secondary N) is 1. The number of piperidine rings is 2. The lowest BCUT2D eigenvalue weighted by Crippen LogP contribution is -2.57. The third kappa shape index (κ3) is 4.11. The second-order valence-corrected chi connectivity index (χ2v) is 8.51. The van der Waals surface area contributed by atoms with Crippen molar-refractivity contribution in [2.24, 2.45) is 11.3 Å². The largest absolute Gasteiger partial charge is 0.380 e. The summed E-state index contributed by atoms with van der Waals surface area (Å²) in [5, 5.41) is 0. The van der Waals surface area contributed by atoms with Gasteiger partial charge in [0.25, 0.3) is 5.91 Å². The van der Waals surface area contributed by atoms with Crippen LogP contribution in [0, 0.1) is 11.3 Å². The molecule has 2 fully saturated rings. The zero-order valence-electron chi connectivity index (χ0n) is 17.2. The van der Waals surface area contributed by atoms with E-state index in [-0.39, 0.29) is 23.6 Å². The van der Waals surface area contributed by atoms with Crippen molar-refractivity contribution in [3.05, 3.63) is 27.9 Å². The van der Waals surface area contributed by atoms with Gasteiger partial charge in [-0.2, -0.15) is 4.98 Å². The van der Waals surface area contributed by atoms with E-state index in [4.69, 9.17) is 4.74 Å². The molecule has 2 saturated heterocycles. The number of hydrogen-bond acceptors (Lipinski definition) is 5. The van der Waals surface area contributed by atoms with Crippen molar-refractivity contribution in [3.63, 3.8) is 0 Å². The molecule has 0 saturated carbocycles. The molecule has 28 heavy (non-hydrogen) atoms. The summed E-state index contributed by atoms with van der Waals surface area (Å²) in [5.74, 6) is 0.256. The van der Waals surface area contributed by atoms with Gasteiger partial charge in [0.15, 0.2) is 0 Å². The predicted molar refractivity (Wildman–Crippen MR) is 104 cm³/mol. The molecule has 2 amide bonds. The van der Waals surface area contributed by atoms with Crippen LogP contribution >= 0.6 is 0 Å². The van der Waals surface area contributed by atoms with Crippen LogP contribution in [0.5, 0.6) is 0 Å². The first kappa shape index (κ1) is 20.5. The molecule has 1 N–H and O–H groups in total. The highest BCUT2D eigenvalue weighted by molar-refractivity contribution is 5.92. The van der Waals surface area contributed by atoms with Crippen molar-refractivity contribution in [1.82, 2.24) is 19.8 Å². The maximum absolute atomic E-state index is 12.9. The number of likely N-dealkylation sites (tertiary alicyclic amines) is 2. The van der Waals surface area contributed by atoms with Crippen molar-refractivity contribution in [3.8, 4) is 0 Å². The molecule has 1 aromatic heterocycles. The molecule has 0 bridgehead atoms. The normalized spacial score (nSPS) is 22.2. The van der Waals surface area contributed by atoms with Gasteiger partial charge >= 0.3 is 5.69 Å². The van der Waals surface area contributed by atoms with Gasteiger partial charge in [-0.05, 0) is 37.7 Å². The second kappa shape index (κ2) is 8.03. The second-order valence-electron chi connectivity index (χ2n) is 8.51. The van der Waals surface area contributed by atoms with Gasteiger partial charge in [-0.3, -0.25) is 9.59 Å². The number of carbonyl (C=O) groups is 2. The van der Waals surface area contributed by atoms with Crippen LogP contribution in [0.2, 0.25) is 0 Å². The average Bonchev–Trinajstić information content (AvgIpc) is 2.65.